The van der Waals surface area contributed by atoms with Crippen LogP contribution in [0.15, 0.2) is 30.3 Å². The van der Waals surface area contributed by atoms with Crippen molar-refractivity contribution in [2.75, 3.05) is 26.3 Å². The second-order valence-corrected chi connectivity index (χ2v) is 6.08. The van der Waals surface area contributed by atoms with Crippen LogP contribution in [0, 0.1) is 0 Å². The number of hydrogen-bond acceptors (Lipinski definition) is 3. The summed E-state index contributed by atoms with van der Waals surface area (Å²) in [4.78, 5) is 13.0. The number of halogens is 1. The van der Waals surface area contributed by atoms with Gasteiger partial charge in [0.25, 0.3) is 0 Å². The average molecular weight is 325 g/mol. The summed E-state index contributed by atoms with van der Waals surface area (Å²) in [5.41, 5.74) is 0.700. The topological polar surface area (TPSA) is 50.4 Å². The molecule has 0 spiro atoms. The van der Waals surface area contributed by atoms with Gasteiger partial charge >= 0.3 is 0 Å². The largest absolute Gasteiger partial charge is 0.381 e. The summed E-state index contributed by atoms with van der Waals surface area (Å²) in [6, 6.07) is 10.4. The van der Waals surface area contributed by atoms with Crippen LogP contribution >= 0.6 is 12.4 Å². The number of piperidine rings is 1. The van der Waals surface area contributed by atoms with Crippen molar-refractivity contribution in [3.05, 3.63) is 35.9 Å². The normalized spacial score (nSPS) is 24.1. The minimum Gasteiger partial charge on any atom is -0.381 e. The molecular formula is C17H25ClN2O2. The van der Waals surface area contributed by atoms with E-state index in [0.717, 1.165) is 44.3 Å². The summed E-state index contributed by atoms with van der Waals surface area (Å²) < 4.78 is 5.49. The van der Waals surface area contributed by atoms with Gasteiger partial charge in [-0.1, -0.05) is 30.3 Å². The van der Waals surface area contributed by atoms with E-state index in [2.05, 4.69) is 22.8 Å². The lowest BCUT2D eigenvalue weighted by molar-refractivity contribution is -0.131. The molecule has 0 aromatic heterocycles. The highest BCUT2D eigenvalue weighted by molar-refractivity contribution is 5.88. The SMILES string of the molecule is Cl.O=C(N[C@H]1CCCNC1)C1(c2ccccc2)CCOCC1. The molecule has 0 aliphatic carbocycles. The number of nitrogens with one attached hydrogen (secondary N) is 2. The molecule has 2 N–H and O–H groups in total. The van der Waals surface area contributed by atoms with Crippen molar-refractivity contribution in [3.63, 3.8) is 0 Å². The standard InChI is InChI=1S/C17H24N2O2.ClH/c20-16(19-15-7-4-10-18-13-15)17(8-11-21-12-9-17)14-5-2-1-3-6-14;/h1-3,5-6,15,18H,4,7-13H2,(H,19,20);1H/t15-;/m0./s1. The van der Waals surface area contributed by atoms with E-state index in [0.29, 0.717) is 13.2 Å². The third-order valence-electron chi connectivity index (χ3n) is 4.74. The maximum atomic E-state index is 13.0. The molecule has 2 fully saturated rings. The molecule has 0 unspecified atom stereocenters. The first-order valence-electron chi connectivity index (χ1n) is 7.96. The first-order valence-corrected chi connectivity index (χ1v) is 7.96. The maximum Gasteiger partial charge on any atom is 0.231 e. The van der Waals surface area contributed by atoms with E-state index in [1.165, 1.54) is 0 Å². The highest BCUT2D eigenvalue weighted by Crippen LogP contribution is 2.35. The first kappa shape index (κ1) is 17.3. The zero-order chi connectivity index (χ0) is 14.5. The van der Waals surface area contributed by atoms with Crippen molar-refractivity contribution in [1.29, 1.82) is 0 Å². The number of amides is 1. The lowest BCUT2D eigenvalue weighted by atomic mass is 9.73. The summed E-state index contributed by atoms with van der Waals surface area (Å²) in [5.74, 6) is 0.172. The van der Waals surface area contributed by atoms with Crippen LogP contribution in [0.3, 0.4) is 0 Å². The number of hydrogen-bond donors (Lipinski definition) is 2. The molecule has 0 saturated carbocycles. The molecule has 1 atom stereocenters. The van der Waals surface area contributed by atoms with Crippen LogP contribution in [-0.2, 0) is 14.9 Å². The van der Waals surface area contributed by atoms with Crippen LogP contribution in [0.25, 0.3) is 0 Å². The average Bonchev–Trinajstić information content (AvgIpc) is 2.57. The van der Waals surface area contributed by atoms with Crippen LogP contribution in [0.2, 0.25) is 0 Å². The van der Waals surface area contributed by atoms with Crippen LogP contribution in [0.1, 0.15) is 31.2 Å². The minimum absolute atomic E-state index is 0. The number of rotatable bonds is 3. The Bertz CT molecular complexity index is 469. The number of benzene rings is 1. The molecule has 122 valence electrons. The minimum atomic E-state index is -0.420. The fraction of sp³-hybridized carbons (Fsp3) is 0.588. The summed E-state index contributed by atoms with van der Waals surface area (Å²) >= 11 is 0. The molecule has 0 bridgehead atoms. The van der Waals surface area contributed by atoms with Gasteiger partial charge in [-0.25, -0.2) is 0 Å². The van der Waals surface area contributed by atoms with E-state index >= 15 is 0 Å². The Balaban J connectivity index is 0.00000176. The third kappa shape index (κ3) is 3.62. The Hall–Kier alpha value is -1.10. The van der Waals surface area contributed by atoms with E-state index < -0.39 is 5.41 Å². The van der Waals surface area contributed by atoms with Crippen molar-refractivity contribution in [2.45, 2.75) is 37.1 Å². The zero-order valence-corrected chi connectivity index (χ0v) is 13.7. The Morgan fingerprint density at radius 3 is 2.59 bits per heavy atom. The van der Waals surface area contributed by atoms with Crippen LogP contribution < -0.4 is 10.6 Å². The fourth-order valence-electron chi connectivity index (χ4n) is 3.42. The van der Waals surface area contributed by atoms with Crippen LogP contribution in [-0.4, -0.2) is 38.3 Å². The summed E-state index contributed by atoms with van der Waals surface area (Å²) in [6.45, 7) is 3.26. The van der Waals surface area contributed by atoms with Gasteiger partial charge in [0.2, 0.25) is 5.91 Å². The lowest BCUT2D eigenvalue weighted by Gasteiger charge is -2.38. The molecule has 4 nitrogen and oxygen atoms in total. The van der Waals surface area contributed by atoms with Crippen molar-refractivity contribution < 1.29 is 9.53 Å². The summed E-state index contributed by atoms with van der Waals surface area (Å²) in [5, 5.41) is 6.63. The van der Waals surface area contributed by atoms with Gasteiger partial charge in [-0.15, -0.1) is 12.4 Å². The molecule has 0 radical (unpaired) electrons. The van der Waals surface area contributed by atoms with Gasteiger partial charge < -0.3 is 15.4 Å². The predicted molar refractivity (Wildman–Crippen MR) is 89.5 cm³/mol. The van der Waals surface area contributed by atoms with Crippen LogP contribution in [0.5, 0.6) is 0 Å². The van der Waals surface area contributed by atoms with Crippen LogP contribution in [0.4, 0.5) is 0 Å². The van der Waals surface area contributed by atoms with E-state index in [1.54, 1.807) is 0 Å². The Labute approximate surface area is 138 Å². The highest BCUT2D eigenvalue weighted by Gasteiger charge is 2.42. The lowest BCUT2D eigenvalue weighted by Crippen LogP contribution is -2.54. The Morgan fingerprint density at radius 2 is 1.95 bits per heavy atom. The number of ether oxygens (including phenoxy) is 1. The van der Waals surface area contributed by atoms with E-state index in [-0.39, 0.29) is 24.4 Å². The predicted octanol–water partition coefficient (Wildman–Crippen LogP) is 2.02. The highest BCUT2D eigenvalue weighted by atomic mass is 35.5. The van der Waals surface area contributed by atoms with Crippen molar-refractivity contribution >= 4 is 18.3 Å². The second-order valence-electron chi connectivity index (χ2n) is 6.08. The van der Waals surface area contributed by atoms with Crippen molar-refractivity contribution in [1.82, 2.24) is 10.6 Å². The summed E-state index contributed by atoms with van der Waals surface area (Å²) in [6.07, 6.45) is 3.73. The number of carbonyl (C=O) groups is 1. The quantitative estimate of drug-likeness (QED) is 0.894. The molecule has 22 heavy (non-hydrogen) atoms. The molecule has 1 amide bonds. The van der Waals surface area contributed by atoms with Gasteiger partial charge in [0.1, 0.15) is 0 Å². The monoisotopic (exact) mass is 324 g/mol. The summed E-state index contributed by atoms with van der Waals surface area (Å²) in [7, 11) is 0. The van der Waals surface area contributed by atoms with E-state index in [1.807, 2.05) is 18.2 Å². The molecule has 2 aliphatic heterocycles. The molecule has 2 saturated heterocycles. The molecule has 3 rings (SSSR count). The zero-order valence-electron chi connectivity index (χ0n) is 12.8. The second kappa shape index (κ2) is 7.95. The van der Waals surface area contributed by atoms with E-state index in [4.69, 9.17) is 4.74 Å². The van der Waals surface area contributed by atoms with Gasteiger partial charge in [-0.3, -0.25) is 4.79 Å². The molecule has 5 heteroatoms. The van der Waals surface area contributed by atoms with E-state index in [9.17, 15) is 4.79 Å². The van der Waals surface area contributed by atoms with Gasteiger partial charge in [-0.2, -0.15) is 0 Å². The maximum absolute atomic E-state index is 13.0. The third-order valence-corrected chi connectivity index (χ3v) is 4.74. The first-order chi connectivity index (χ1) is 10.3. The van der Waals surface area contributed by atoms with Gasteiger partial charge in [-0.05, 0) is 37.8 Å². The molecular weight excluding hydrogens is 300 g/mol. The van der Waals surface area contributed by atoms with Gasteiger partial charge in [0.05, 0.1) is 5.41 Å². The van der Waals surface area contributed by atoms with Crippen molar-refractivity contribution in [2.24, 2.45) is 0 Å². The van der Waals surface area contributed by atoms with Gasteiger partial charge in [0.15, 0.2) is 0 Å². The number of carbonyl (C=O) groups excluding carboxylic acids is 1. The molecule has 1 aromatic carbocycles. The molecule has 1 aromatic rings. The molecule has 2 aliphatic rings. The fourth-order valence-corrected chi connectivity index (χ4v) is 3.42. The Kier molecular flexibility index (Phi) is 6.24. The van der Waals surface area contributed by atoms with Crippen molar-refractivity contribution in [3.8, 4) is 0 Å². The smallest absolute Gasteiger partial charge is 0.231 e. The molecule has 2 heterocycles. The Morgan fingerprint density at radius 1 is 1.23 bits per heavy atom. The van der Waals surface area contributed by atoms with Gasteiger partial charge in [0, 0.05) is 25.8 Å².